The summed E-state index contributed by atoms with van der Waals surface area (Å²) in [7, 11) is 0. The van der Waals surface area contributed by atoms with Crippen LogP contribution >= 0.6 is 11.3 Å². The summed E-state index contributed by atoms with van der Waals surface area (Å²) in [6.07, 6.45) is 0. The Morgan fingerprint density at radius 3 is 1.11 bits per heavy atom. The molecule has 0 aliphatic carbocycles. The molecular weight excluding hydrogens is 1680 g/mol. The summed E-state index contributed by atoms with van der Waals surface area (Å²) < 4.78 is 18.4. The molecule has 0 bridgehead atoms. The molecule has 0 unspecified atom stereocenters. The van der Waals surface area contributed by atoms with E-state index in [1.54, 1.807) is 0 Å². The second-order valence-electron chi connectivity index (χ2n) is 35.0. The Labute approximate surface area is 780 Å². The average molecular weight is 1750 g/mol. The highest BCUT2D eigenvalue weighted by molar-refractivity contribution is 7.27. The maximum absolute atomic E-state index is 6.76. The van der Waals surface area contributed by atoms with Gasteiger partial charge in [-0.05, 0) is 134 Å². The number of hydrogen-bond acceptors (Lipinski definition) is 8. The minimum absolute atomic E-state index is 0.621. The summed E-state index contributed by atoms with van der Waals surface area (Å²) in [5, 5.41) is 27.0. The van der Waals surface area contributed by atoms with Gasteiger partial charge in [-0.3, -0.25) is 13.7 Å². The maximum atomic E-state index is 6.76. The van der Waals surface area contributed by atoms with Crippen molar-refractivity contribution in [2.75, 3.05) is 0 Å². The van der Waals surface area contributed by atoms with Gasteiger partial charge in [-0.15, -0.1) is 11.3 Å². The number of hydrogen-bond donors (Lipinski definition) is 0. The van der Waals surface area contributed by atoms with E-state index < -0.39 is 0 Å². The number of para-hydroxylation sites is 7. The zero-order valence-corrected chi connectivity index (χ0v) is 73.8. The van der Waals surface area contributed by atoms with Gasteiger partial charge >= 0.3 is 0 Å². The molecule has 0 saturated carbocycles. The fourth-order valence-electron chi connectivity index (χ4n) is 21.6. The van der Waals surface area contributed by atoms with Crippen LogP contribution in [0, 0.1) is 0 Å². The number of aromatic nitrogens is 10. The normalized spacial score (nSPS) is 12.0. The summed E-state index contributed by atoms with van der Waals surface area (Å²) in [4.78, 5) is 32.0. The fourth-order valence-corrected chi connectivity index (χ4v) is 22.8. The molecular formula is C124H74N10OS. The zero-order chi connectivity index (χ0) is 89.2. The number of rotatable bonds is 8. The first kappa shape index (κ1) is 76.7. The van der Waals surface area contributed by atoms with Crippen LogP contribution in [0.3, 0.4) is 0 Å². The molecule has 0 aliphatic heterocycles. The van der Waals surface area contributed by atoms with Crippen molar-refractivity contribution in [1.29, 1.82) is 0 Å². The zero-order valence-electron chi connectivity index (χ0n) is 73.0. The predicted octanol–water partition coefficient (Wildman–Crippen LogP) is 32.8. The second kappa shape index (κ2) is 30.8. The summed E-state index contributed by atoms with van der Waals surface area (Å²) in [5.74, 6) is 1.98. The third-order valence-corrected chi connectivity index (χ3v) is 28.7. The molecule has 632 valence electrons. The molecule has 21 aromatic carbocycles. The molecule has 0 atom stereocenters. The molecule has 9 heterocycles. The third kappa shape index (κ3) is 11.9. The highest BCUT2D eigenvalue weighted by atomic mass is 32.1. The van der Waals surface area contributed by atoms with Gasteiger partial charge in [0, 0.05) is 119 Å². The summed E-state index contributed by atoms with van der Waals surface area (Å²) in [5.41, 5.74) is 22.9. The van der Waals surface area contributed by atoms with E-state index in [9.17, 15) is 0 Å². The second-order valence-corrected chi connectivity index (χ2v) is 36.0. The molecule has 30 aromatic rings. The van der Waals surface area contributed by atoms with E-state index in [-0.39, 0.29) is 0 Å². The lowest BCUT2D eigenvalue weighted by Crippen LogP contribution is -2.04. The van der Waals surface area contributed by atoms with E-state index in [1.165, 1.54) is 107 Å². The molecule has 0 spiro atoms. The molecule has 0 aliphatic rings. The summed E-state index contributed by atoms with van der Waals surface area (Å²) in [6, 6.07) is 159. The minimum atomic E-state index is 0.621. The van der Waals surface area contributed by atoms with Crippen LogP contribution in [-0.4, -0.2) is 48.2 Å². The van der Waals surface area contributed by atoms with Gasteiger partial charge in [0.15, 0.2) is 5.58 Å². The van der Waals surface area contributed by atoms with Gasteiger partial charge in [0.25, 0.3) is 0 Å². The summed E-state index contributed by atoms with van der Waals surface area (Å²) >= 11 is 1.86. The molecule has 9 aromatic heterocycles. The van der Waals surface area contributed by atoms with Crippen LogP contribution in [0.1, 0.15) is 0 Å². The summed E-state index contributed by atoms with van der Waals surface area (Å²) in [6.45, 7) is 0. The van der Waals surface area contributed by atoms with Crippen molar-refractivity contribution in [2.45, 2.75) is 0 Å². The molecule has 0 amide bonds. The number of nitrogens with zero attached hydrogens (tertiary/aromatic N) is 10. The fraction of sp³-hybridized carbons (Fsp3) is 0. The highest BCUT2D eigenvalue weighted by Crippen LogP contribution is 2.51. The van der Waals surface area contributed by atoms with Crippen LogP contribution in [-0.2, 0) is 0 Å². The number of fused-ring (bicyclic) bond motifs is 33. The molecule has 0 saturated heterocycles. The molecule has 30 rings (SSSR count). The Bertz CT molecular complexity index is 9840. The van der Waals surface area contributed by atoms with E-state index >= 15 is 0 Å². The van der Waals surface area contributed by atoms with Crippen LogP contribution in [0.5, 0.6) is 0 Å². The maximum Gasteiger partial charge on any atom is 0.235 e. The third-order valence-electron chi connectivity index (χ3n) is 27.5. The molecule has 0 fully saturated rings. The predicted molar refractivity (Wildman–Crippen MR) is 568 cm³/mol. The van der Waals surface area contributed by atoms with Crippen LogP contribution in [0.2, 0.25) is 0 Å². The van der Waals surface area contributed by atoms with Gasteiger partial charge in [0.05, 0.1) is 76.9 Å². The Balaban J connectivity index is 0.000000101. The van der Waals surface area contributed by atoms with Crippen LogP contribution in [0.15, 0.2) is 453 Å². The van der Waals surface area contributed by atoms with Crippen LogP contribution < -0.4 is 0 Å². The molecule has 136 heavy (non-hydrogen) atoms. The van der Waals surface area contributed by atoms with Gasteiger partial charge in [-0.2, -0.15) is 0 Å². The molecule has 11 nitrogen and oxygen atoms in total. The lowest BCUT2D eigenvalue weighted by molar-refractivity contribution is 0.671. The first-order valence-corrected chi connectivity index (χ1v) is 46.8. The van der Waals surface area contributed by atoms with E-state index in [0.717, 1.165) is 149 Å². The first-order chi connectivity index (χ1) is 67.5. The van der Waals surface area contributed by atoms with Crippen LogP contribution in [0.25, 0.3) is 274 Å². The van der Waals surface area contributed by atoms with E-state index in [1.807, 2.05) is 35.6 Å². The van der Waals surface area contributed by atoms with E-state index in [4.69, 9.17) is 34.3 Å². The minimum Gasteiger partial charge on any atom is -0.454 e. The highest BCUT2D eigenvalue weighted by Gasteiger charge is 2.29. The monoisotopic (exact) mass is 1750 g/mol. The molecule has 12 heteroatoms. The van der Waals surface area contributed by atoms with Gasteiger partial charge in [-0.25, -0.2) is 29.9 Å². The van der Waals surface area contributed by atoms with Crippen molar-refractivity contribution < 1.29 is 4.42 Å². The van der Waals surface area contributed by atoms with Crippen molar-refractivity contribution in [3.63, 3.8) is 0 Å². The van der Waals surface area contributed by atoms with Crippen molar-refractivity contribution in [3.05, 3.63) is 449 Å². The Hall–Kier alpha value is -18.1. The van der Waals surface area contributed by atoms with Crippen molar-refractivity contribution in [3.8, 4) is 68.4 Å². The number of benzene rings is 21. The van der Waals surface area contributed by atoms with Gasteiger partial charge < -0.3 is 8.98 Å². The van der Waals surface area contributed by atoms with E-state index in [0.29, 0.717) is 17.8 Å². The molecule has 0 N–H and O–H groups in total. The topological polar surface area (TPSA) is 110 Å². The average Bonchev–Trinajstić information content (AvgIpc) is 1.53. The smallest absolute Gasteiger partial charge is 0.235 e. The Morgan fingerprint density at radius 1 is 0.206 bits per heavy atom. The van der Waals surface area contributed by atoms with Gasteiger partial charge in [0.1, 0.15) is 11.1 Å². The van der Waals surface area contributed by atoms with Gasteiger partial charge in [-0.1, -0.05) is 358 Å². The lowest BCUT2D eigenvalue weighted by atomic mass is 9.99. The first-order valence-electron chi connectivity index (χ1n) is 46.0. The van der Waals surface area contributed by atoms with Crippen LogP contribution in [0.4, 0.5) is 0 Å². The quantitative estimate of drug-likeness (QED) is 0.139. The largest absolute Gasteiger partial charge is 0.454 e. The van der Waals surface area contributed by atoms with E-state index in [2.05, 4.69) is 443 Å². The molecule has 0 radical (unpaired) electrons. The standard InChI is InChI=1S/C44H28N4.C40H23N3O.C40H23N3S/c1-3-13-29(14-4-1)43-35-19-7-10-20-38(35)45-44(46-43)48-40-22-12-9-18-34(40)37-28-31(24-26-42(37)48)30-23-25-41-36(27-30)33-17-8-11-21-39(33)47(41)32-15-5-2-6-16-32;2*1-2-13-25(14-3-1)36-31-23-22-24-12-4-5-15-26(24)37(31)42-40(41-36)43-32-20-10-8-18-29(32)34-27-16-6-7-17-28(27)35-30-19-9-11-21-33(30)44-39(35)38(34)43/h1-28H;2*1-23H. The number of furan rings is 1. The van der Waals surface area contributed by atoms with Crippen molar-refractivity contribution >= 4 is 216 Å². The SMILES string of the molecule is c1ccc(-c2nc(-n3c4ccccc4c4c5ccccc5c5c6ccccc6oc5c43)nc3c2ccc2ccccc23)cc1.c1ccc(-c2nc(-n3c4ccccc4c4c5ccccc5c5c6ccccc6sc5c43)nc3c2ccc2ccccc23)cc1.c1ccc(-c2nc(-n3c4ccccc4c4cc(-c5ccc6c(c5)c5ccccc5n6-c5ccccc5)ccc43)nc3ccccc23)cc1. The Kier molecular flexibility index (Phi) is 17.4. The number of thiophene rings is 1. The van der Waals surface area contributed by atoms with Gasteiger partial charge in [0.2, 0.25) is 17.8 Å². The Morgan fingerprint density at radius 2 is 0.574 bits per heavy atom. The van der Waals surface area contributed by atoms with Crippen molar-refractivity contribution in [2.24, 2.45) is 0 Å². The van der Waals surface area contributed by atoms with Crippen molar-refractivity contribution in [1.82, 2.24) is 48.2 Å². The lowest BCUT2D eigenvalue weighted by Gasteiger charge is -2.14.